The number of furan rings is 1. The number of hydrazine groups is 1. The minimum Gasteiger partial charge on any atom is -0.494 e. The van der Waals surface area contributed by atoms with Crippen molar-refractivity contribution < 1.29 is 23.5 Å². The molecule has 0 aliphatic heterocycles. The van der Waals surface area contributed by atoms with Crippen LogP contribution in [0.15, 0.2) is 51.4 Å². The van der Waals surface area contributed by atoms with Gasteiger partial charge in [0, 0.05) is 15.4 Å². The first kappa shape index (κ1) is 20.7. The molecule has 152 valence electrons. The summed E-state index contributed by atoms with van der Waals surface area (Å²) in [6.07, 6.45) is -0.819. The predicted octanol–water partition coefficient (Wildman–Crippen LogP) is 4.13. The van der Waals surface area contributed by atoms with Gasteiger partial charge in [-0.15, -0.1) is 0 Å². The van der Waals surface area contributed by atoms with Crippen LogP contribution in [0.1, 0.15) is 30.0 Å². The molecule has 7 nitrogen and oxygen atoms in total. The lowest BCUT2D eigenvalue weighted by Gasteiger charge is -2.15. The number of carbonyl (C=O) groups excluding carboxylic acids is 2. The Morgan fingerprint density at radius 2 is 1.79 bits per heavy atom. The molecular formula is C21H21BrN2O5. The molecule has 0 radical (unpaired) electrons. The maximum absolute atomic E-state index is 12.4. The van der Waals surface area contributed by atoms with Crippen molar-refractivity contribution in [3.05, 3.63) is 58.3 Å². The van der Waals surface area contributed by atoms with Crippen LogP contribution in [0.4, 0.5) is 0 Å². The van der Waals surface area contributed by atoms with Gasteiger partial charge in [0.2, 0.25) is 0 Å². The number of amides is 2. The molecule has 2 N–H and O–H groups in total. The molecule has 8 heteroatoms. The van der Waals surface area contributed by atoms with Gasteiger partial charge >= 0.3 is 5.91 Å². The molecule has 0 bridgehead atoms. The summed E-state index contributed by atoms with van der Waals surface area (Å²) in [4.78, 5) is 24.7. The van der Waals surface area contributed by atoms with Crippen LogP contribution in [0.5, 0.6) is 11.5 Å². The van der Waals surface area contributed by atoms with Crippen LogP contribution in [0.3, 0.4) is 0 Å². The van der Waals surface area contributed by atoms with Crippen molar-refractivity contribution in [2.75, 3.05) is 6.61 Å². The van der Waals surface area contributed by atoms with Crippen LogP contribution >= 0.6 is 15.9 Å². The topological polar surface area (TPSA) is 89.8 Å². The normalized spacial score (nSPS) is 11.7. The first-order chi connectivity index (χ1) is 13.9. The van der Waals surface area contributed by atoms with E-state index in [4.69, 9.17) is 13.9 Å². The molecule has 0 aliphatic rings. The van der Waals surface area contributed by atoms with Gasteiger partial charge in [-0.3, -0.25) is 20.4 Å². The fourth-order valence-electron chi connectivity index (χ4n) is 2.73. The molecule has 29 heavy (non-hydrogen) atoms. The molecule has 2 amide bonds. The van der Waals surface area contributed by atoms with Gasteiger partial charge in [-0.1, -0.05) is 15.9 Å². The van der Waals surface area contributed by atoms with Gasteiger partial charge in [-0.25, -0.2) is 0 Å². The Morgan fingerprint density at radius 1 is 1.10 bits per heavy atom. The van der Waals surface area contributed by atoms with Gasteiger partial charge in [0.15, 0.2) is 11.9 Å². The highest BCUT2D eigenvalue weighted by molar-refractivity contribution is 9.10. The number of hydrogen-bond donors (Lipinski definition) is 2. The average molecular weight is 461 g/mol. The standard InChI is InChI=1S/C21H21BrN2O5/c1-4-27-15-6-8-16(9-7-15)28-13(3)20(25)23-24-21(26)19-12(2)17-11-14(22)5-10-18(17)29-19/h5-11,13H,4H2,1-3H3,(H,23,25)(H,24,26). The molecule has 0 aliphatic carbocycles. The SMILES string of the molecule is CCOc1ccc(OC(C)C(=O)NNC(=O)c2oc3ccc(Br)cc3c2C)cc1. The van der Waals surface area contributed by atoms with Crippen molar-refractivity contribution >= 4 is 38.7 Å². The number of aryl methyl sites for hydroxylation is 1. The lowest BCUT2D eigenvalue weighted by atomic mass is 10.1. The van der Waals surface area contributed by atoms with Crippen molar-refractivity contribution in [1.82, 2.24) is 10.9 Å². The Bertz CT molecular complexity index is 1030. The summed E-state index contributed by atoms with van der Waals surface area (Å²) in [5, 5.41) is 0.822. The second-order valence-corrected chi connectivity index (χ2v) is 7.22. The van der Waals surface area contributed by atoms with Crippen molar-refractivity contribution in [1.29, 1.82) is 0 Å². The monoisotopic (exact) mass is 460 g/mol. The highest BCUT2D eigenvalue weighted by Crippen LogP contribution is 2.28. The molecule has 1 heterocycles. The van der Waals surface area contributed by atoms with E-state index in [0.29, 0.717) is 23.5 Å². The van der Waals surface area contributed by atoms with E-state index in [-0.39, 0.29) is 5.76 Å². The van der Waals surface area contributed by atoms with Gasteiger partial charge in [0.1, 0.15) is 17.1 Å². The van der Waals surface area contributed by atoms with Crippen molar-refractivity contribution in [3.63, 3.8) is 0 Å². The number of carbonyl (C=O) groups is 2. The van der Waals surface area contributed by atoms with Gasteiger partial charge in [0.25, 0.3) is 5.91 Å². The van der Waals surface area contributed by atoms with Gasteiger partial charge in [-0.05, 0) is 63.2 Å². The van der Waals surface area contributed by atoms with Crippen LogP contribution in [-0.2, 0) is 4.79 Å². The zero-order chi connectivity index (χ0) is 21.0. The zero-order valence-corrected chi connectivity index (χ0v) is 17.8. The predicted molar refractivity (Wildman–Crippen MR) is 112 cm³/mol. The molecule has 0 saturated heterocycles. The second kappa shape index (κ2) is 9.00. The quantitative estimate of drug-likeness (QED) is 0.539. The Kier molecular flexibility index (Phi) is 6.43. The Labute approximate surface area is 176 Å². The summed E-state index contributed by atoms with van der Waals surface area (Å²) >= 11 is 3.40. The lowest BCUT2D eigenvalue weighted by Crippen LogP contribution is -2.47. The summed E-state index contributed by atoms with van der Waals surface area (Å²) in [5.74, 6) is 0.331. The minimum atomic E-state index is -0.819. The zero-order valence-electron chi connectivity index (χ0n) is 16.2. The van der Waals surface area contributed by atoms with Crippen LogP contribution < -0.4 is 20.3 Å². The van der Waals surface area contributed by atoms with Gasteiger partial charge in [0.05, 0.1) is 6.61 Å². The second-order valence-electron chi connectivity index (χ2n) is 6.30. The van der Waals surface area contributed by atoms with E-state index in [0.717, 1.165) is 15.6 Å². The Balaban J connectivity index is 1.58. The maximum Gasteiger partial charge on any atom is 0.305 e. The minimum absolute atomic E-state index is 0.137. The molecular weight excluding hydrogens is 440 g/mol. The molecule has 0 spiro atoms. The fourth-order valence-corrected chi connectivity index (χ4v) is 3.09. The number of hydrogen-bond acceptors (Lipinski definition) is 5. The third kappa shape index (κ3) is 4.89. The number of fused-ring (bicyclic) bond motifs is 1. The van der Waals surface area contributed by atoms with Crippen molar-refractivity contribution in [2.24, 2.45) is 0 Å². The molecule has 1 unspecified atom stereocenters. The summed E-state index contributed by atoms with van der Waals surface area (Å²) in [6, 6.07) is 12.4. The van der Waals surface area contributed by atoms with E-state index < -0.39 is 17.9 Å². The Hall–Kier alpha value is -3.00. The molecule has 3 rings (SSSR count). The van der Waals surface area contributed by atoms with Crippen molar-refractivity contribution in [3.8, 4) is 11.5 Å². The maximum atomic E-state index is 12.4. The van der Waals surface area contributed by atoms with E-state index in [1.54, 1.807) is 44.2 Å². The number of rotatable bonds is 6. The molecule has 1 atom stereocenters. The molecule has 2 aromatic carbocycles. The molecule has 1 aromatic heterocycles. The first-order valence-corrected chi connectivity index (χ1v) is 9.86. The smallest absolute Gasteiger partial charge is 0.305 e. The number of halogens is 1. The van der Waals surface area contributed by atoms with Crippen LogP contribution in [0.25, 0.3) is 11.0 Å². The highest BCUT2D eigenvalue weighted by Gasteiger charge is 2.20. The summed E-state index contributed by atoms with van der Waals surface area (Å²) in [7, 11) is 0. The largest absolute Gasteiger partial charge is 0.494 e. The van der Waals surface area contributed by atoms with Crippen LogP contribution in [-0.4, -0.2) is 24.5 Å². The first-order valence-electron chi connectivity index (χ1n) is 9.07. The van der Waals surface area contributed by atoms with E-state index in [1.807, 2.05) is 19.1 Å². The lowest BCUT2D eigenvalue weighted by molar-refractivity contribution is -0.128. The number of nitrogens with one attached hydrogen (secondary N) is 2. The molecule has 3 aromatic rings. The number of ether oxygens (including phenoxy) is 2. The van der Waals surface area contributed by atoms with Crippen LogP contribution in [0.2, 0.25) is 0 Å². The molecule has 0 fully saturated rings. The fraction of sp³-hybridized carbons (Fsp3) is 0.238. The van der Waals surface area contributed by atoms with Gasteiger partial charge < -0.3 is 13.9 Å². The third-order valence-electron chi connectivity index (χ3n) is 4.22. The molecule has 0 saturated carbocycles. The third-order valence-corrected chi connectivity index (χ3v) is 4.71. The highest BCUT2D eigenvalue weighted by atomic mass is 79.9. The van der Waals surface area contributed by atoms with E-state index in [1.165, 1.54) is 0 Å². The summed E-state index contributed by atoms with van der Waals surface area (Å²) in [6.45, 7) is 5.84. The number of benzene rings is 2. The average Bonchev–Trinajstić information content (AvgIpc) is 3.03. The van der Waals surface area contributed by atoms with Crippen LogP contribution in [0, 0.1) is 6.92 Å². The summed E-state index contributed by atoms with van der Waals surface area (Å²) in [5.41, 5.74) is 6.00. The van der Waals surface area contributed by atoms with E-state index in [2.05, 4.69) is 26.8 Å². The summed E-state index contributed by atoms with van der Waals surface area (Å²) < 4.78 is 17.4. The Morgan fingerprint density at radius 3 is 2.48 bits per heavy atom. The van der Waals surface area contributed by atoms with Crippen molar-refractivity contribution in [2.45, 2.75) is 26.9 Å². The van der Waals surface area contributed by atoms with E-state index in [9.17, 15) is 9.59 Å². The van der Waals surface area contributed by atoms with E-state index >= 15 is 0 Å². The van der Waals surface area contributed by atoms with Gasteiger partial charge in [-0.2, -0.15) is 0 Å².